The maximum atomic E-state index is 11.5. The summed E-state index contributed by atoms with van der Waals surface area (Å²) in [7, 11) is 0. The average Bonchev–Trinajstić information content (AvgIpc) is 3.42. The third-order valence-electron chi connectivity index (χ3n) is 5.44. The van der Waals surface area contributed by atoms with E-state index in [1.807, 2.05) is 23.1 Å². The third kappa shape index (κ3) is 3.83. The lowest BCUT2D eigenvalue weighted by atomic mass is 10.2. The number of aromatic nitrogens is 2. The van der Waals surface area contributed by atoms with E-state index >= 15 is 0 Å². The topological polar surface area (TPSA) is 86.5 Å². The van der Waals surface area contributed by atoms with Gasteiger partial charge in [-0.1, -0.05) is 0 Å². The molecule has 0 radical (unpaired) electrons. The lowest BCUT2D eigenvalue weighted by molar-refractivity contribution is -0.129. The molecule has 0 bridgehead atoms. The van der Waals surface area contributed by atoms with Gasteiger partial charge in [-0.15, -0.1) is 0 Å². The van der Waals surface area contributed by atoms with Gasteiger partial charge in [-0.25, -0.2) is 4.98 Å². The predicted octanol–water partition coefficient (Wildman–Crippen LogP) is 3.21. The van der Waals surface area contributed by atoms with Crippen molar-refractivity contribution in [1.29, 1.82) is 0 Å². The maximum absolute atomic E-state index is 11.5. The minimum absolute atomic E-state index is 0.148. The molecule has 29 heavy (non-hydrogen) atoms. The van der Waals surface area contributed by atoms with E-state index in [1.165, 1.54) is 0 Å². The normalized spacial score (nSPS) is 16.9. The van der Waals surface area contributed by atoms with E-state index in [-0.39, 0.29) is 5.91 Å². The number of carbonyl (C=O) groups is 1. The molecule has 2 aliphatic rings. The molecule has 1 saturated heterocycles. The van der Waals surface area contributed by atoms with E-state index in [1.54, 1.807) is 13.2 Å². The molecule has 1 aliphatic carbocycles. The SMILES string of the molecule is CC(=O)N1CCN(c2ccc(Nc3nc(NC4CC4)c4occc4n3)cc2)CC1. The van der Waals surface area contributed by atoms with Crippen LogP contribution >= 0.6 is 0 Å². The van der Waals surface area contributed by atoms with Gasteiger partial charge in [0.1, 0.15) is 5.52 Å². The van der Waals surface area contributed by atoms with Gasteiger partial charge in [0.25, 0.3) is 0 Å². The summed E-state index contributed by atoms with van der Waals surface area (Å²) in [6.07, 6.45) is 3.97. The van der Waals surface area contributed by atoms with Crippen LogP contribution in [0.25, 0.3) is 11.1 Å². The number of fused-ring (bicyclic) bond motifs is 1. The zero-order valence-electron chi connectivity index (χ0n) is 16.4. The van der Waals surface area contributed by atoms with Crippen molar-refractivity contribution in [2.45, 2.75) is 25.8 Å². The molecule has 3 aromatic rings. The molecule has 0 spiro atoms. The minimum Gasteiger partial charge on any atom is -0.459 e. The monoisotopic (exact) mass is 392 g/mol. The van der Waals surface area contributed by atoms with E-state index in [0.29, 0.717) is 17.6 Å². The largest absolute Gasteiger partial charge is 0.459 e. The van der Waals surface area contributed by atoms with Crippen molar-refractivity contribution in [1.82, 2.24) is 14.9 Å². The fourth-order valence-electron chi connectivity index (χ4n) is 3.60. The molecule has 150 valence electrons. The fourth-order valence-corrected chi connectivity index (χ4v) is 3.60. The maximum Gasteiger partial charge on any atom is 0.229 e. The van der Waals surface area contributed by atoms with Crippen molar-refractivity contribution in [3.8, 4) is 0 Å². The van der Waals surface area contributed by atoms with Gasteiger partial charge < -0.3 is 24.9 Å². The molecular weight excluding hydrogens is 368 g/mol. The molecule has 8 heteroatoms. The molecule has 1 saturated carbocycles. The molecule has 0 atom stereocenters. The Labute approximate surface area is 168 Å². The van der Waals surface area contributed by atoms with Gasteiger partial charge >= 0.3 is 0 Å². The smallest absolute Gasteiger partial charge is 0.229 e. The number of hydrogen-bond donors (Lipinski definition) is 2. The second-order valence-corrected chi connectivity index (χ2v) is 7.61. The molecule has 1 aliphatic heterocycles. The number of carbonyl (C=O) groups excluding carboxylic acids is 1. The van der Waals surface area contributed by atoms with Gasteiger partial charge in [0, 0.05) is 56.6 Å². The van der Waals surface area contributed by atoms with E-state index in [9.17, 15) is 4.79 Å². The van der Waals surface area contributed by atoms with Crippen LogP contribution in [0.4, 0.5) is 23.1 Å². The molecule has 3 heterocycles. The van der Waals surface area contributed by atoms with Crippen LogP contribution in [-0.2, 0) is 4.79 Å². The number of benzene rings is 1. The molecule has 2 N–H and O–H groups in total. The Hall–Kier alpha value is -3.29. The zero-order valence-corrected chi connectivity index (χ0v) is 16.4. The molecular formula is C21H24N6O2. The zero-order chi connectivity index (χ0) is 19.8. The van der Waals surface area contributed by atoms with Crippen LogP contribution in [0.2, 0.25) is 0 Å². The number of furan rings is 1. The first-order chi connectivity index (χ1) is 14.2. The van der Waals surface area contributed by atoms with Gasteiger partial charge in [-0.05, 0) is 37.1 Å². The van der Waals surface area contributed by atoms with Crippen molar-refractivity contribution >= 4 is 40.1 Å². The van der Waals surface area contributed by atoms with Crippen LogP contribution in [-0.4, -0.2) is 53.0 Å². The third-order valence-corrected chi connectivity index (χ3v) is 5.44. The molecule has 0 unspecified atom stereocenters. The quantitative estimate of drug-likeness (QED) is 0.689. The first-order valence-corrected chi connectivity index (χ1v) is 10.0. The van der Waals surface area contributed by atoms with Gasteiger partial charge in [0.05, 0.1) is 6.26 Å². The lowest BCUT2D eigenvalue weighted by Crippen LogP contribution is -2.48. The van der Waals surface area contributed by atoms with Crippen LogP contribution in [0.1, 0.15) is 19.8 Å². The number of anilines is 4. The second-order valence-electron chi connectivity index (χ2n) is 7.61. The summed E-state index contributed by atoms with van der Waals surface area (Å²) in [6, 6.07) is 10.6. The van der Waals surface area contributed by atoms with Crippen molar-refractivity contribution in [2.24, 2.45) is 0 Å². The Bertz CT molecular complexity index is 1020. The number of rotatable bonds is 5. The summed E-state index contributed by atoms with van der Waals surface area (Å²) in [5, 5.41) is 6.71. The Morgan fingerprint density at radius 1 is 1.07 bits per heavy atom. The molecule has 5 rings (SSSR count). The van der Waals surface area contributed by atoms with Crippen molar-refractivity contribution in [3.05, 3.63) is 36.6 Å². The number of nitrogens with zero attached hydrogens (tertiary/aromatic N) is 4. The fraction of sp³-hybridized carbons (Fsp3) is 0.381. The van der Waals surface area contributed by atoms with Gasteiger partial charge in [0.2, 0.25) is 11.9 Å². The van der Waals surface area contributed by atoms with Crippen molar-refractivity contribution in [3.63, 3.8) is 0 Å². The van der Waals surface area contributed by atoms with Crippen LogP contribution in [0.5, 0.6) is 0 Å². The number of amides is 1. The Kier molecular flexibility index (Phi) is 4.46. The highest BCUT2D eigenvalue weighted by atomic mass is 16.3. The molecule has 8 nitrogen and oxygen atoms in total. The first kappa shape index (κ1) is 17.8. The van der Waals surface area contributed by atoms with E-state index in [0.717, 1.165) is 61.7 Å². The summed E-state index contributed by atoms with van der Waals surface area (Å²) in [5.74, 6) is 1.43. The second kappa shape index (κ2) is 7.27. The molecule has 2 fully saturated rings. The van der Waals surface area contributed by atoms with Crippen LogP contribution < -0.4 is 15.5 Å². The van der Waals surface area contributed by atoms with Gasteiger partial charge in [0.15, 0.2) is 11.4 Å². The lowest BCUT2D eigenvalue weighted by Gasteiger charge is -2.35. The summed E-state index contributed by atoms with van der Waals surface area (Å²) in [5.41, 5.74) is 3.56. The molecule has 2 aromatic heterocycles. The minimum atomic E-state index is 0.148. The molecule has 1 aromatic carbocycles. The summed E-state index contributed by atoms with van der Waals surface area (Å²) in [6.45, 7) is 4.87. The Morgan fingerprint density at radius 2 is 1.83 bits per heavy atom. The average molecular weight is 392 g/mol. The number of nitrogens with one attached hydrogen (secondary N) is 2. The Morgan fingerprint density at radius 3 is 2.52 bits per heavy atom. The van der Waals surface area contributed by atoms with E-state index < -0.39 is 0 Å². The van der Waals surface area contributed by atoms with E-state index in [2.05, 4.69) is 37.6 Å². The van der Waals surface area contributed by atoms with Crippen LogP contribution in [0, 0.1) is 0 Å². The van der Waals surface area contributed by atoms with Gasteiger partial charge in [-0.3, -0.25) is 4.79 Å². The Balaban J connectivity index is 1.29. The standard InChI is InChI=1S/C21H24N6O2/c1-14(28)26-9-11-27(12-10-26)17-6-4-16(5-7-17)23-21-24-18-8-13-29-19(18)20(25-21)22-15-2-3-15/h4-8,13,15H,2-3,9-12H2,1H3,(H2,22,23,24,25). The highest BCUT2D eigenvalue weighted by Gasteiger charge is 2.24. The summed E-state index contributed by atoms with van der Waals surface area (Å²) >= 11 is 0. The predicted molar refractivity (Wildman–Crippen MR) is 113 cm³/mol. The highest BCUT2D eigenvalue weighted by molar-refractivity contribution is 5.85. The first-order valence-electron chi connectivity index (χ1n) is 10.0. The highest BCUT2D eigenvalue weighted by Crippen LogP contribution is 2.30. The van der Waals surface area contributed by atoms with Crippen LogP contribution in [0.3, 0.4) is 0 Å². The van der Waals surface area contributed by atoms with Crippen molar-refractivity contribution in [2.75, 3.05) is 41.7 Å². The van der Waals surface area contributed by atoms with Crippen LogP contribution in [0.15, 0.2) is 41.0 Å². The summed E-state index contributed by atoms with van der Waals surface area (Å²) in [4.78, 5) is 24.8. The van der Waals surface area contributed by atoms with E-state index in [4.69, 9.17) is 4.42 Å². The number of hydrogen-bond acceptors (Lipinski definition) is 7. The van der Waals surface area contributed by atoms with Gasteiger partial charge in [-0.2, -0.15) is 4.98 Å². The summed E-state index contributed by atoms with van der Waals surface area (Å²) < 4.78 is 5.54. The molecule has 1 amide bonds. The number of piperazine rings is 1. The van der Waals surface area contributed by atoms with Crippen molar-refractivity contribution < 1.29 is 9.21 Å².